The first-order chi connectivity index (χ1) is 8.89. The van der Waals surface area contributed by atoms with Crippen molar-refractivity contribution in [3.05, 3.63) is 42.4 Å². The van der Waals surface area contributed by atoms with Crippen LogP contribution in [-0.4, -0.2) is 29.2 Å². The summed E-state index contributed by atoms with van der Waals surface area (Å²) in [5, 5.41) is 10.1. The highest BCUT2D eigenvalue weighted by Gasteiger charge is 2.18. The molecule has 0 aliphatic carbocycles. The molecule has 0 saturated carbocycles. The Bertz CT molecular complexity index is 574. The fraction of sp³-hybridized carbons (Fsp3) is 0.333. The molecule has 2 rings (SSSR count). The normalized spacial score (nSPS) is 11.4. The van der Waals surface area contributed by atoms with Crippen molar-refractivity contribution in [1.29, 1.82) is 0 Å². The zero-order valence-corrected chi connectivity index (χ0v) is 11.8. The number of nitrogens with zero attached hydrogens (tertiary/aromatic N) is 3. The molecule has 4 nitrogen and oxygen atoms in total. The molecule has 2 aromatic rings. The van der Waals surface area contributed by atoms with E-state index in [-0.39, 0.29) is 0 Å². The van der Waals surface area contributed by atoms with Crippen LogP contribution in [0.5, 0.6) is 0 Å². The van der Waals surface area contributed by atoms with Crippen LogP contribution in [-0.2, 0) is 5.60 Å². The maximum absolute atomic E-state index is 10.1. The average molecular weight is 257 g/mol. The standard InChI is InChI=1S/C15H19N3O/c1-15(2,19)12-8-11(9-16-10-12)13-6-5-7-17-14(13)18(3)4/h5-10,19H,1-4H3. The summed E-state index contributed by atoms with van der Waals surface area (Å²) < 4.78 is 0. The quantitative estimate of drug-likeness (QED) is 0.917. The van der Waals surface area contributed by atoms with E-state index in [1.807, 2.05) is 37.2 Å². The monoisotopic (exact) mass is 257 g/mol. The van der Waals surface area contributed by atoms with Crippen LogP contribution in [0.2, 0.25) is 0 Å². The van der Waals surface area contributed by atoms with Gasteiger partial charge in [0.05, 0.1) is 5.60 Å². The van der Waals surface area contributed by atoms with Gasteiger partial charge in [0.25, 0.3) is 0 Å². The van der Waals surface area contributed by atoms with E-state index in [2.05, 4.69) is 9.97 Å². The fourth-order valence-corrected chi connectivity index (χ4v) is 1.90. The van der Waals surface area contributed by atoms with Gasteiger partial charge in [-0.1, -0.05) is 0 Å². The molecular weight excluding hydrogens is 238 g/mol. The molecule has 2 heterocycles. The Kier molecular flexibility index (Phi) is 3.53. The number of rotatable bonds is 3. The van der Waals surface area contributed by atoms with Crippen LogP contribution in [0.3, 0.4) is 0 Å². The third-order valence-corrected chi connectivity index (χ3v) is 2.97. The first kappa shape index (κ1) is 13.5. The summed E-state index contributed by atoms with van der Waals surface area (Å²) in [6.07, 6.45) is 5.25. The van der Waals surface area contributed by atoms with Crippen LogP contribution in [0.15, 0.2) is 36.8 Å². The minimum Gasteiger partial charge on any atom is -0.386 e. The molecule has 0 radical (unpaired) electrons. The summed E-state index contributed by atoms with van der Waals surface area (Å²) in [7, 11) is 3.91. The van der Waals surface area contributed by atoms with E-state index >= 15 is 0 Å². The Morgan fingerprint density at radius 2 is 1.95 bits per heavy atom. The number of aromatic nitrogens is 2. The Balaban J connectivity index is 2.54. The van der Waals surface area contributed by atoms with Gasteiger partial charge in [-0.25, -0.2) is 4.98 Å². The third kappa shape index (κ3) is 2.90. The lowest BCUT2D eigenvalue weighted by atomic mass is 9.97. The number of hydrogen-bond acceptors (Lipinski definition) is 4. The summed E-state index contributed by atoms with van der Waals surface area (Å²) in [6, 6.07) is 5.86. The molecule has 0 aliphatic heterocycles. The first-order valence-electron chi connectivity index (χ1n) is 6.20. The van der Waals surface area contributed by atoms with Gasteiger partial charge < -0.3 is 10.0 Å². The van der Waals surface area contributed by atoms with E-state index in [0.717, 1.165) is 22.5 Å². The highest BCUT2D eigenvalue weighted by molar-refractivity contribution is 5.75. The van der Waals surface area contributed by atoms with Gasteiger partial charge in [0, 0.05) is 49.4 Å². The van der Waals surface area contributed by atoms with Gasteiger partial charge in [0.2, 0.25) is 0 Å². The van der Waals surface area contributed by atoms with Crippen LogP contribution < -0.4 is 4.90 Å². The highest BCUT2D eigenvalue weighted by atomic mass is 16.3. The average Bonchev–Trinajstić information content (AvgIpc) is 2.38. The first-order valence-corrected chi connectivity index (χ1v) is 6.20. The largest absolute Gasteiger partial charge is 0.386 e. The molecule has 0 aromatic carbocycles. The van der Waals surface area contributed by atoms with Crippen molar-refractivity contribution in [2.24, 2.45) is 0 Å². The number of aliphatic hydroxyl groups is 1. The van der Waals surface area contributed by atoms with Gasteiger partial charge >= 0.3 is 0 Å². The van der Waals surface area contributed by atoms with Crippen molar-refractivity contribution in [2.45, 2.75) is 19.4 Å². The molecule has 2 aromatic heterocycles. The molecule has 0 atom stereocenters. The summed E-state index contributed by atoms with van der Waals surface area (Å²) in [5.74, 6) is 0.886. The summed E-state index contributed by atoms with van der Waals surface area (Å²) in [6.45, 7) is 3.51. The topological polar surface area (TPSA) is 49.2 Å². The smallest absolute Gasteiger partial charge is 0.135 e. The van der Waals surface area contributed by atoms with E-state index < -0.39 is 5.60 Å². The second kappa shape index (κ2) is 4.97. The molecule has 1 N–H and O–H groups in total. The molecule has 0 fully saturated rings. The second-order valence-electron chi connectivity index (χ2n) is 5.29. The zero-order chi connectivity index (χ0) is 14.0. The predicted molar refractivity (Wildman–Crippen MR) is 77.0 cm³/mol. The van der Waals surface area contributed by atoms with E-state index in [9.17, 15) is 5.11 Å². The van der Waals surface area contributed by atoms with Crippen LogP contribution in [0.25, 0.3) is 11.1 Å². The van der Waals surface area contributed by atoms with Gasteiger partial charge in [-0.15, -0.1) is 0 Å². The van der Waals surface area contributed by atoms with E-state index in [4.69, 9.17) is 0 Å². The Morgan fingerprint density at radius 1 is 1.21 bits per heavy atom. The Hall–Kier alpha value is -1.94. The van der Waals surface area contributed by atoms with Gasteiger partial charge in [0.1, 0.15) is 5.82 Å². The van der Waals surface area contributed by atoms with E-state index in [1.165, 1.54) is 0 Å². The van der Waals surface area contributed by atoms with Crippen molar-refractivity contribution in [2.75, 3.05) is 19.0 Å². The van der Waals surface area contributed by atoms with Gasteiger partial charge in [0.15, 0.2) is 0 Å². The van der Waals surface area contributed by atoms with Crippen molar-refractivity contribution < 1.29 is 5.11 Å². The second-order valence-corrected chi connectivity index (χ2v) is 5.29. The molecule has 0 spiro atoms. The number of pyridine rings is 2. The summed E-state index contributed by atoms with van der Waals surface area (Å²) in [4.78, 5) is 10.6. The number of hydrogen-bond donors (Lipinski definition) is 1. The van der Waals surface area contributed by atoms with Gasteiger partial charge in [-0.3, -0.25) is 4.98 Å². The molecule has 100 valence electrons. The lowest BCUT2D eigenvalue weighted by Crippen LogP contribution is -2.16. The lowest BCUT2D eigenvalue weighted by molar-refractivity contribution is 0.0783. The van der Waals surface area contributed by atoms with E-state index in [0.29, 0.717) is 0 Å². The molecule has 0 unspecified atom stereocenters. The van der Waals surface area contributed by atoms with Crippen LogP contribution in [0, 0.1) is 0 Å². The molecule has 0 amide bonds. The molecule has 0 saturated heterocycles. The van der Waals surface area contributed by atoms with Gasteiger partial charge in [-0.2, -0.15) is 0 Å². The van der Waals surface area contributed by atoms with Crippen molar-refractivity contribution >= 4 is 5.82 Å². The highest BCUT2D eigenvalue weighted by Crippen LogP contribution is 2.29. The van der Waals surface area contributed by atoms with Crippen molar-refractivity contribution in [3.63, 3.8) is 0 Å². The SMILES string of the molecule is CN(C)c1ncccc1-c1cncc(C(C)(C)O)c1. The Morgan fingerprint density at radius 3 is 2.58 bits per heavy atom. The maximum Gasteiger partial charge on any atom is 0.135 e. The van der Waals surface area contributed by atoms with Crippen LogP contribution in [0.4, 0.5) is 5.82 Å². The zero-order valence-electron chi connectivity index (χ0n) is 11.8. The van der Waals surface area contributed by atoms with Crippen molar-refractivity contribution in [3.8, 4) is 11.1 Å². The third-order valence-electron chi connectivity index (χ3n) is 2.97. The molecule has 19 heavy (non-hydrogen) atoms. The van der Waals surface area contributed by atoms with Crippen molar-refractivity contribution in [1.82, 2.24) is 9.97 Å². The molecule has 0 aliphatic rings. The minimum atomic E-state index is -0.899. The van der Waals surface area contributed by atoms with Crippen LogP contribution >= 0.6 is 0 Å². The Labute approximate surface area is 113 Å². The number of anilines is 1. The summed E-state index contributed by atoms with van der Waals surface area (Å²) in [5.41, 5.74) is 1.85. The fourth-order valence-electron chi connectivity index (χ4n) is 1.90. The summed E-state index contributed by atoms with van der Waals surface area (Å²) >= 11 is 0. The maximum atomic E-state index is 10.1. The lowest BCUT2D eigenvalue weighted by Gasteiger charge is -2.19. The predicted octanol–water partition coefficient (Wildman–Crippen LogP) is 2.44. The minimum absolute atomic E-state index is 0.790. The van der Waals surface area contributed by atoms with E-state index in [1.54, 1.807) is 32.4 Å². The van der Waals surface area contributed by atoms with Gasteiger partial charge in [-0.05, 0) is 32.0 Å². The molecule has 4 heteroatoms. The molecular formula is C15H19N3O. The molecule has 0 bridgehead atoms. The van der Waals surface area contributed by atoms with Crippen LogP contribution in [0.1, 0.15) is 19.4 Å².